The van der Waals surface area contributed by atoms with E-state index >= 15 is 0 Å². The Hall–Kier alpha value is -1.00. The number of benzene rings is 1. The van der Waals surface area contributed by atoms with Gasteiger partial charge in [0, 0.05) is 19.2 Å². The summed E-state index contributed by atoms with van der Waals surface area (Å²) in [5, 5.41) is 9.95. The highest BCUT2D eigenvalue weighted by molar-refractivity contribution is 5.20. The summed E-state index contributed by atoms with van der Waals surface area (Å²) in [6, 6.07) is 3.18. The lowest BCUT2D eigenvalue weighted by molar-refractivity contribution is 0.144. The predicted octanol–water partition coefficient (Wildman–Crippen LogP) is 3.37. The molecular formula is C15H23F2NO. The molecule has 0 aliphatic heterocycles. The number of halogens is 2. The molecule has 0 radical (unpaired) electrons. The van der Waals surface area contributed by atoms with Gasteiger partial charge >= 0.3 is 0 Å². The molecule has 1 rings (SSSR count). The summed E-state index contributed by atoms with van der Waals surface area (Å²) in [6.45, 7) is 5.97. The van der Waals surface area contributed by atoms with Gasteiger partial charge in [0.1, 0.15) is 11.6 Å². The molecule has 0 heterocycles. The van der Waals surface area contributed by atoms with Crippen molar-refractivity contribution in [2.45, 2.75) is 32.8 Å². The Morgan fingerprint density at radius 1 is 1.21 bits per heavy atom. The van der Waals surface area contributed by atoms with Gasteiger partial charge in [-0.05, 0) is 37.1 Å². The van der Waals surface area contributed by atoms with E-state index in [9.17, 15) is 13.9 Å². The van der Waals surface area contributed by atoms with Crippen LogP contribution in [0.2, 0.25) is 0 Å². The molecule has 0 saturated carbocycles. The summed E-state index contributed by atoms with van der Waals surface area (Å²) in [6.07, 6.45) is 0.752. The third kappa shape index (κ3) is 5.66. The molecule has 2 atom stereocenters. The molecule has 4 heteroatoms. The highest BCUT2D eigenvalue weighted by atomic mass is 19.1. The number of rotatable bonds is 7. The molecule has 0 aromatic heterocycles. The number of hydrogen-bond acceptors (Lipinski definition) is 2. The van der Waals surface area contributed by atoms with Gasteiger partial charge in [-0.25, -0.2) is 8.78 Å². The smallest absolute Gasteiger partial charge is 0.126 e. The van der Waals surface area contributed by atoms with Crippen LogP contribution in [0, 0.1) is 17.6 Å². The third-order valence-electron chi connectivity index (χ3n) is 3.37. The fourth-order valence-corrected chi connectivity index (χ4v) is 2.03. The molecule has 0 aliphatic rings. The van der Waals surface area contributed by atoms with Crippen LogP contribution >= 0.6 is 0 Å². The Labute approximate surface area is 114 Å². The zero-order valence-electron chi connectivity index (χ0n) is 11.9. The van der Waals surface area contributed by atoms with Gasteiger partial charge in [0.25, 0.3) is 0 Å². The molecule has 19 heavy (non-hydrogen) atoms. The summed E-state index contributed by atoms with van der Waals surface area (Å²) in [4.78, 5) is 2.13. The molecule has 1 N–H and O–H groups in total. The van der Waals surface area contributed by atoms with Gasteiger partial charge < -0.3 is 10.0 Å². The molecule has 108 valence electrons. The molecule has 1 aromatic carbocycles. The second-order valence-electron chi connectivity index (χ2n) is 5.28. The molecule has 1 aromatic rings. The summed E-state index contributed by atoms with van der Waals surface area (Å²) >= 11 is 0. The Morgan fingerprint density at radius 2 is 1.79 bits per heavy atom. The second kappa shape index (κ2) is 7.56. The highest BCUT2D eigenvalue weighted by Crippen LogP contribution is 2.19. The van der Waals surface area contributed by atoms with E-state index in [1.54, 1.807) is 0 Å². The molecule has 2 unspecified atom stereocenters. The van der Waals surface area contributed by atoms with Crippen LogP contribution < -0.4 is 0 Å². The quantitative estimate of drug-likeness (QED) is 0.822. The van der Waals surface area contributed by atoms with Gasteiger partial charge in [0.05, 0.1) is 6.10 Å². The maximum absolute atomic E-state index is 13.0. The highest BCUT2D eigenvalue weighted by Gasteiger charge is 2.12. The first-order valence-electron chi connectivity index (χ1n) is 6.75. The predicted molar refractivity (Wildman–Crippen MR) is 72.9 cm³/mol. The van der Waals surface area contributed by atoms with Crippen molar-refractivity contribution in [3.8, 4) is 0 Å². The molecular weight excluding hydrogens is 248 g/mol. The minimum Gasteiger partial charge on any atom is -0.388 e. The summed E-state index contributed by atoms with van der Waals surface area (Å²) in [5.41, 5.74) is 0.300. The van der Waals surface area contributed by atoms with E-state index in [0.717, 1.165) is 19.0 Å². The maximum Gasteiger partial charge on any atom is 0.126 e. The van der Waals surface area contributed by atoms with Gasteiger partial charge in [-0.2, -0.15) is 0 Å². The maximum atomic E-state index is 13.0. The lowest BCUT2D eigenvalue weighted by Gasteiger charge is -2.22. The Balaban J connectivity index is 2.48. The van der Waals surface area contributed by atoms with E-state index in [2.05, 4.69) is 18.7 Å². The standard InChI is InChI=1S/C15H23F2NO/c1-4-11(2)10-18(3)6-5-15(19)12-7-13(16)9-14(17)8-12/h7-9,11,15,19H,4-6,10H2,1-3H3. The van der Waals surface area contributed by atoms with E-state index < -0.39 is 17.7 Å². The zero-order chi connectivity index (χ0) is 14.4. The van der Waals surface area contributed by atoms with Gasteiger partial charge in [0.15, 0.2) is 0 Å². The lowest BCUT2D eigenvalue weighted by Crippen LogP contribution is -2.26. The third-order valence-corrected chi connectivity index (χ3v) is 3.37. The van der Waals surface area contributed by atoms with E-state index in [4.69, 9.17) is 0 Å². The number of aliphatic hydroxyl groups excluding tert-OH is 1. The van der Waals surface area contributed by atoms with Gasteiger partial charge in [0.2, 0.25) is 0 Å². The molecule has 0 fully saturated rings. The minimum absolute atomic E-state index is 0.300. The molecule has 0 saturated heterocycles. The van der Waals surface area contributed by atoms with E-state index in [-0.39, 0.29) is 0 Å². The largest absolute Gasteiger partial charge is 0.388 e. The van der Waals surface area contributed by atoms with E-state index in [0.29, 0.717) is 24.4 Å². The monoisotopic (exact) mass is 271 g/mol. The second-order valence-corrected chi connectivity index (χ2v) is 5.28. The topological polar surface area (TPSA) is 23.5 Å². The van der Waals surface area contributed by atoms with Crippen LogP contribution in [-0.2, 0) is 0 Å². The van der Waals surface area contributed by atoms with E-state index in [1.807, 2.05) is 7.05 Å². The first-order valence-corrected chi connectivity index (χ1v) is 6.75. The van der Waals surface area contributed by atoms with Crippen LogP contribution in [0.5, 0.6) is 0 Å². The van der Waals surface area contributed by atoms with Crippen LogP contribution in [0.3, 0.4) is 0 Å². The van der Waals surface area contributed by atoms with Gasteiger partial charge in [-0.1, -0.05) is 20.3 Å². The van der Waals surface area contributed by atoms with Crippen molar-refractivity contribution in [2.75, 3.05) is 20.1 Å². The summed E-state index contributed by atoms with van der Waals surface area (Å²) in [7, 11) is 1.99. The van der Waals surface area contributed by atoms with Gasteiger partial charge in [-0.3, -0.25) is 0 Å². The Kier molecular flexibility index (Phi) is 6.38. The van der Waals surface area contributed by atoms with Crippen LogP contribution in [0.4, 0.5) is 8.78 Å². The zero-order valence-corrected chi connectivity index (χ0v) is 11.9. The van der Waals surface area contributed by atoms with Crippen LogP contribution in [0.15, 0.2) is 18.2 Å². The van der Waals surface area contributed by atoms with Crippen molar-refractivity contribution >= 4 is 0 Å². The number of hydrogen-bond donors (Lipinski definition) is 1. The molecule has 0 amide bonds. The van der Waals surface area contributed by atoms with Gasteiger partial charge in [-0.15, -0.1) is 0 Å². The van der Waals surface area contributed by atoms with Crippen LogP contribution in [-0.4, -0.2) is 30.1 Å². The Bertz CT molecular complexity index is 377. The fraction of sp³-hybridized carbons (Fsp3) is 0.600. The lowest BCUT2D eigenvalue weighted by atomic mass is 10.1. The average molecular weight is 271 g/mol. The first-order chi connectivity index (χ1) is 8.92. The Morgan fingerprint density at radius 3 is 2.32 bits per heavy atom. The summed E-state index contributed by atoms with van der Waals surface area (Å²) in [5.74, 6) is -0.697. The van der Waals surface area contributed by atoms with Crippen molar-refractivity contribution < 1.29 is 13.9 Å². The molecule has 0 bridgehead atoms. The van der Waals surface area contributed by atoms with Crippen molar-refractivity contribution in [3.63, 3.8) is 0 Å². The minimum atomic E-state index is -0.829. The van der Waals surface area contributed by atoms with Crippen LogP contribution in [0.1, 0.15) is 38.4 Å². The molecule has 0 spiro atoms. The molecule has 0 aliphatic carbocycles. The summed E-state index contributed by atoms with van der Waals surface area (Å²) < 4.78 is 26.1. The normalized spacial score (nSPS) is 14.7. The first kappa shape index (κ1) is 16.1. The van der Waals surface area contributed by atoms with Crippen molar-refractivity contribution in [1.29, 1.82) is 0 Å². The average Bonchev–Trinajstić information content (AvgIpc) is 2.34. The van der Waals surface area contributed by atoms with Crippen molar-refractivity contribution in [2.24, 2.45) is 5.92 Å². The van der Waals surface area contributed by atoms with Crippen LogP contribution in [0.25, 0.3) is 0 Å². The fourth-order valence-electron chi connectivity index (χ4n) is 2.03. The SMILES string of the molecule is CCC(C)CN(C)CCC(O)c1cc(F)cc(F)c1. The van der Waals surface area contributed by atoms with Crippen molar-refractivity contribution in [1.82, 2.24) is 4.90 Å². The molecule has 2 nitrogen and oxygen atoms in total. The van der Waals surface area contributed by atoms with Crippen molar-refractivity contribution in [3.05, 3.63) is 35.4 Å². The van der Waals surface area contributed by atoms with E-state index in [1.165, 1.54) is 12.1 Å². The number of nitrogens with zero attached hydrogens (tertiary/aromatic N) is 1. The number of aliphatic hydroxyl groups is 1.